The number of hydrogen-bond acceptors (Lipinski definition) is 7. The van der Waals surface area contributed by atoms with Gasteiger partial charge in [0.15, 0.2) is 11.5 Å². The summed E-state index contributed by atoms with van der Waals surface area (Å²) in [6.45, 7) is 6.86. The van der Waals surface area contributed by atoms with Crippen molar-refractivity contribution in [3.8, 4) is 34.1 Å². The lowest BCUT2D eigenvalue weighted by Crippen LogP contribution is -2.43. The molecule has 0 spiro atoms. The minimum absolute atomic E-state index is 0.000960. The lowest BCUT2D eigenvalue weighted by atomic mass is 9.84. The van der Waals surface area contributed by atoms with Crippen LogP contribution in [-0.2, 0) is 22.4 Å². The Kier molecular flexibility index (Phi) is 12.6. The van der Waals surface area contributed by atoms with E-state index in [0.29, 0.717) is 48.0 Å². The Morgan fingerprint density at radius 1 is 0.800 bits per heavy atom. The molecule has 268 valence electrons. The monoisotopic (exact) mass is 687 g/mol. The molecule has 10 heteroatoms. The predicted molar refractivity (Wildman–Crippen MR) is 189 cm³/mol. The maximum Gasteiger partial charge on any atom is 0.303 e. The Bertz CT molecular complexity index is 1650. The van der Waals surface area contributed by atoms with Gasteiger partial charge in [0.1, 0.15) is 11.5 Å². The summed E-state index contributed by atoms with van der Waals surface area (Å²) in [7, 11) is 0. The number of carbonyl (C=O) groups is 3. The van der Waals surface area contributed by atoms with E-state index in [1.807, 2.05) is 59.5 Å². The zero-order valence-electron chi connectivity index (χ0n) is 29.2. The molecule has 2 aliphatic heterocycles. The third-order valence-electron chi connectivity index (χ3n) is 9.27. The summed E-state index contributed by atoms with van der Waals surface area (Å²) >= 11 is 0. The van der Waals surface area contributed by atoms with Crippen LogP contribution in [0.25, 0.3) is 11.1 Å². The maximum absolute atomic E-state index is 13.8. The van der Waals surface area contributed by atoms with Crippen molar-refractivity contribution in [2.75, 3.05) is 33.1 Å². The van der Waals surface area contributed by atoms with E-state index >= 15 is 0 Å². The molecule has 2 aliphatic rings. The van der Waals surface area contributed by atoms with Gasteiger partial charge in [0.2, 0.25) is 6.79 Å². The first-order chi connectivity index (χ1) is 24.1. The minimum Gasteiger partial charge on any atom is -0.494 e. The van der Waals surface area contributed by atoms with Crippen molar-refractivity contribution in [2.24, 2.45) is 5.41 Å². The number of aryl methyl sites for hydroxylation is 1. The fourth-order valence-corrected chi connectivity index (χ4v) is 6.69. The molecule has 2 heterocycles. The van der Waals surface area contributed by atoms with Crippen molar-refractivity contribution in [2.45, 2.75) is 84.5 Å². The largest absolute Gasteiger partial charge is 0.494 e. The summed E-state index contributed by atoms with van der Waals surface area (Å²) in [6, 6.07) is 17.3. The first kappa shape index (κ1) is 36.5. The van der Waals surface area contributed by atoms with Crippen molar-refractivity contribution in [1.82, 2.24) is 4.90 Å². The fourth-order valence-electron chi connectivity index (χ4n) is 6.69. The molecule has 5 rings (SSSR count). The second kappa shape index (κ2) is 17.3. The van der Waals surface area contributed by atoms with Crippen molar-refractivity contribution in [1.29, 1.82) is 0 Å². The predicted octanol–water partition coefficient (Wildman–Crippen LogP) is 7.79. The number of carboxylic acids is 2. The molecule has 0 atom stereocenters. The van der Waals surface area contributed by atoms with Crippen molar-refractivity contribution in [3.63, 3.8) is 0 Å². The van der Waals surface area contributed by atoms with E-state index in [1.54, 1.807) is 0 Å². The number of rotatable bonds is 18. The van der Waals surface area contributed by atoms with E-state index in [0.717, 1.165) is 80.3 Å². The van der Waals surface area contributed by atoms with Gasteiger partial charge in [0.25, 0.3) is 5.91 Å². The smallest absolute Gasteiger partial charge is 0.303 e. The molecule has 0 bridgehead atoms. The number of aliphatic carboxylic acids is 2. The van der Waals surface area contributed by atoms with Crippen molar-refractivity contribution in [3.05, 3.63) is 71.3 Å². The third-order valence-corrected chi connectivity index (χ3v) is 9.27. The summed E-state index contributed by atoms with van der Waals surface area (Å²) in [5.74, 6) is 0.954. The zero-order valence-corrected chi connectivity index (χ0v) is 29.2. The molecule has 1 fully saturated rings. The summed E-state index contributed by atoms with van der Waals surface area (Å²) in [4.78, 5) is 37.9. The molecule has 0 aliphatic carbocycles. The average molecular weight is 688 g/mol. The highest BCUT2D eigenvalue weighted by Crippen LogP contribution is 2.38. The molecule has 0 aromatic heterocycles. The van der Waals surface area contributed by atoms with Crippen LogP contribution in [0.1, 0.15) is 93.1 Å². The molecule has 1 saturated heterocycles. The van der Waals surface area contributed by atoms with E-state index in [9.17, 15) is 19.5 Å². The molecular formula is C40H49NO9. The maximum atomic E-state index is 13.8. The summed E-state index contributed by atoms with van der Waals surface area (Å²) in [5, 5.41) is 18.2. The van der Waals surface area contributed by atoms with Gasteiger partial charge in [-0.3, -0.25) is 14.4 Å². The van der Waals surface area contributed by atoms with Gasteiger partial charge >= 0.3 is 11.9 Å². The SMILES string of the molecule is CC1(C)CCCN(C(=O)c2cc(OCCCCCCc3cccc(OCCCC(=O)O)c3CCC(=O)O)cc(-c3ccc4c(c3)OCO4)c2)C1. The Hall–Kier alpha value is -4.73. The Morgan fingerprint density at radius 2 is 1.58 bits per heavy atom. The van der Waals surface area contributed by atoms with Crippen LogP contribution in [0.2, 0.25) is 0 Å². The van der Waals surface area contributed by atoms with Crippen LogP contribution >= 0.6 is 0 Å². The Labute approximate surface area is 294 Å². The van der Waals surface area contributed by atoms with Gasteiger partial charge in [-0.1, -0.05) is 44.9 Å². The second-order valence-electron chi connectivity index (χ2n) is 14.0. The van der Waals surface area contributed by atoms with E-state index in [4.69, 9.17) is 24.1 Å². The number of unbranched alkanes of at least 4 members (excludes halogenated alkanes) is 3. The van der Waals surface area contributed by atoms with Crippen LogP contribution in [0.4, 0.5) is 0 Å². The lowest BCUT2D eigenvalue weighted by molar-refractivity contribution is -0.138. The summed E-state index contributed by atoms with van der Waals surface area (Å²) < 4.78 is 23.2. The second-order valence-corrected chi connectivity index (χ2v) is 14.0. The van der Waals surface area contributed by atoms with E-state index < -0.39 is 11.9 Å². The Balaban J connectivity index is 1.18. The van der Waals surface area contributed by atoms with Gasteiger partial charge < -0.3 is 34.1 Å². The summed E-state index contributed by atoms with van der Waals surface area (Å²) in [6.07, 6.45) is 7.34. The molecule has 0 radical (unpaired) electrons. The molecule has 3 aromatic carbocycles. The van der Waals surface area contributed by atoms with E-state index in [-0.39, 0.29) is 37.6 Å². The van der Waals surface area contributed by atoms with Crippen LogP contribution in [-0.4, -0.2) is 66.1 Å². The van der Waals surface area contributed by atoms with Gasteiger partial charge in [-0.25, -0.2) is 0 Å². The molecule has 3 aromatic rings. The molecule has 10 nitrogen and oxygen atoms in total. The topological polar surface area (TPSA) is 132 Å². The highest BCUT2D eigenvalue weighted by molar-refractivity contribution is 5.96. The van der Waals surface area contributed by atoms with Crippen LogP contribution in [0.15, 0.2) is 54.6 Å². The first-order valence-electron chi connectivity index (χ1n) is 17.7. The molecule has 0 saturated carbocycles. The number of hydrogen-bond donors (Lipinski definition) is 2. The zero-order chi connectivity index (χ0) is 35.5. The van der Waals surface area contributed by atoms with Crippen LogP contribution in [0.3, 0.4) is 0 Å². The number of benzene rings is 3. The normalized spacial score (nSPS) is 14.7. The van der Waals surface area contributed by atoms with Crippen LogP contribution in [0.5, 0.6) is 23.0 Å². The quantitative estimate of drug-likeness (QED) is 0.129. The number of amides is 1. The molecular weight excluding hydrogens is 638 g/mol. The van der Waals surface area contributed by atoms with E-state index in [2.05, 4.69) is 13.8 Å². The molecule has 2 N–H and O–H groups in total. The molecule has 1 amide bonds. The van der Waals surface area contributed by atoms with Crippen LogP contribution in [0, 0.1) is 5.41 Å². The number of carbonyl (C=O) groups excluding carboxylic acids is 1. The van der Waals surface area contributed by atoms with Gasteiger partial charge in [-0.2, -0.15) is 0 Å². The third kappa shape index (κ3) is 10.4. The first-order valence-corrected chi connectivity index (χ1v) is 17.7. The number of piperidine rings is 1. The number of ether oxygens (including phenoxy) is 4. The number of fused-ring (bicyclic) bond motifs is 1. The van der Waals surface area contributed by atoms with E-state index in [1.165, 1.54) is 0 Å². The van der Waals surface area contributed by atoms with Crippen LogP contribution < -0.4 is 18.9 Å². The highest BCUT2D eigenvalue weighted by atomic mass is 16.7. The number of nitrogens with zero attached hydrogens (tertiary/aromatic N) is 1. The van der Waals surface area contributed by atoms with Gasteiger partial charge in [-0.15, -0.1) is 0 Å². The number of likely N-dealkylation sites (tertiary alicyclic amines) is 1. The molecule has 0 unspecified atom stereocenters. The highest BCUT2D eigenvalue weighted by Gasteiger charge is 2.30. The van der Waals surface area contributed by atoms with Gasteiger partial charge in [-0.05, 0) is 109 Å². The standard InChI is InChI=1S/C40H49NO9/c1-40(2)18-9-19-41(26-40)39(46)31-22-30(29-14-16-35-36(25-29)50-27-49-35)23-32(24-31)47-20-6-4-3-5-10-28-11-7-12-34(33(28)15-17-38(44)45)48-21-8-13-37(42)43/h7,11-12,14,16,22-25H,3-6,8-10,13,15,17-21,26-27H2,1-2H3,(H,42,43)(H,44,45). The van der Waals surface area contributed by atoms with Gasteiger partial charge in [0, 0.05) is 31.5 Å². The molecule has 50 heavy (non-hydrogen) atoms. The minimum atomic E-state index is -0.870. The Morgan fingerprint density at radius 3 is 2.38 bits per heavy atom. The number of carboxylic acid groups (broad SMARTS) is 2. The van der Waals surface area contributed by atoms with Gasteiger partial charge in [0.05, 0.1) is 13.2 Å². The van der Waals surface area contributed by atoms with Crippen molar-refractivity contribution < 1.29 is 43.5 Å². The average Bonchev–Trinajstić information content (AvgIpc) is 3.56. The lowest BCUT2D eigenvalue weighted by Gasteiger charge is -2.38. The van der Waals surface area contributed by atoms with Crippen molar-refractivity contribution >= 4 is 17.8 Å². The fraction of sp³-hybridized carbons (Fsp3) is 0.475. The summed E-state index contributed by atoms with van der Waals surface area (Å²) in [5.41, 5.74) is 4.45.